The number of carbonyl (C=O) groups excluding carboxylic acids is 1. The molecule has 4 rings (SSSR count). The van der Waals surface area contributed by atoms with Crippen LogP contribution in [0.3, 0.4) is 0 Å². The van der Waals surface area contributed by atoms with Gasteiger partial charge in [-0.25, -0.2) is 4.79 Å². The molecule has 0 amide bonds. The van der Waals surface area contributed by atoms with Crippen molar-refractivity contribution in [3.8, 4) is 0 Å². The summed E-state index contributed by atoms with van der Waals surface area (Å²) in [4.78, 5) is 12.3. The van der Waals surface area contributed by atoms with Gasteiger partial charge >= 0.3 is 5.97 Å². The lowest BCUT2D eigenvalue weighted by atomic mass is 9.44. The van der Waals surface area contributed by atoms with E-state index in [4.69, 9.17) is 28.8 Å². The van der Waals surface area contributed by atoms with Crippen molar-refractivity contribution in [1.82, 2.24) is 0 Å². The number of rotatable bonds is 16. The first-order valence-corrected chi connectivity index (χ1v) is 16.0. The molecular formula is C32H56O7. The lowest BCUT2D eigenvalue weighted by molar-refractivity contribution is -0.152. The lowest BCUT2D eigenvalue weighted by Gasteiger charge is -2.60. The first-order chi connectivity index (χ1) is 18.9. The predicted molar refractivity (Wildman–Crippen MR) is 150 cm³/mol. The van der Waals surface area contributed by atoms with Crippen molar-refractivity contribution >= 4 is 5.97 Å². The lowest BCUT2D eigenvalue weighted by Crippen LogP contribution is -2.53. The van der Waals surface area contributed by atoms with Gasteiger partial charge in [-0.05, 0) is 97.7 Å². The van der Waals surface area contributed by atoms with Crippen LogP contribution in [-0.2, 0) is 28.5 Å². The molecule has 0 spiro atoms. The number of esters is 1. The summed E-state index contributed by atoms with van der Waals surface area (Å²) in [6.45, 7) is 11.0. The number of aliphatic hydroxyl groups excluding tert-OH is 1. The minimum Gasteiger partial charge on any atom is -0.464 e. The number of hydrogen-bond acceptors (Lipinski definition) is 7. The van der Waals surface area contributed by atoms with Gasteiger partial charge in [0.25, 0.3) is 0 Å². The molecule has 0 unspecified atom stereocenters. The van der Waals surface area contributed by atoms with Gasteiger partial charge in [0.15, 0.2) is 0 Å². The van der Waals surface area contributed by atoms with Crippen LogP contribution in [0.2, 0.25) is 0 Å². The van der Waals surface area contributed by atoms with E-state index >= 15 is 0 Å². The summed E-state index contributed by atoms with van der Waals surface area (Å²) in [5.74, 6) is 4.44. The zero-order valence-corrected chi connectivity index (χ0v) is 25.0. The van der Waals surface area contributed by atoms with Gasteiger partial charge in [-0.3, -0.25) is 0 Å². The zero-order valence-electron chi connectivity index (χ0n) is 25.0. The second-order valence-corrected chi connectivity index (χ2v) is 13.4. The normalized spacial score (nSPS) is 36.6. The Kier molecular flexibility index (Phi) is 12.0. The highest BCUT2D eigenvalue weighted by atomic mass is 16.6. The summed E-state index contributed by atoms with van der Waals surface area (Å²) in [6, 6.07) is 0. The molecule has 8 atom stereocenters. The summed E-state index contributed by atoms with van der Waals surface area (Å²) in [7, 11) is 0. The van der Waals surface area contributed by atoms with Gasteiger partial charge in [-0.2, -0.15) is 0 Å². The van der Waals surface area contributed by atoms with E-state index < -0.39 is 0 Å². The van der Waals surface area contributed by atoms with Gasteiger partial charge < -0.3 is 28.8 Å². The fourth-order valence-electron chi connectivity index (χ4n) is 9.53. The topological polar surface area (TPSA) is 83.5 Å². The molecule has 4 saturated carbocycles. The third kappa shape index (κ3) is 7.57. The highest BCUT2D eigenvalue weighted by molar-refractivity contribution is 5.70. The molecule has 0 saturated heterocycles. The first-order valence-electron chi connectivity index (χ1n) is 16.0. The minimum absolute atomic E-state index is 0.0245. The molecule has 1 N–H and O–H groups in total. The van der Waals surface area contributed by atoms with Crippen LogP contribution in [0.15, 0.2) is 0 Å². The quantitative estimate of drug-likeness (QED) is 0.206. The summed E-state index contributed by atoms with van der Waals surface area (Å²) >= 11 is 0. The Labute approximate surface area is 237 Å². The van der Waals surface area contributed by atoms with Gasteiger partial charge in [-0.15, -0.1) is 0 Å². The summed E-state index contributed by atoms with van der Waals surface area (Å²) in [5.41, 5.74) is 0.992. The van der Waals surface area contributed by atoms with E-state index in [2.05, 4.69) is 20.8 Å². The molecule has 7 heteroatoms. The largest absolute Gasteiger partial charge is 0.464 e. The van der Waals surface area contributed by atoms with Crippen LogP contribution in [0.5, 0.6) is 0 Å². The average molecular weight is 553 g/mol. The van der Waals surface area contributed by atoms with E-state index in [9.17, 15) is 4.79 Å². The Morgan fingerprint density at radius 1 is 0.769 bits per heavy atom. The van der Waals surface area contributed by atoms with E-state index in [-0.39, 0.29) is 19.2 Å². The van der Waals surface area contributed by atoms with Crippen molar-refractivity contribution in [2.24, 2.45) is 46.3 Å². The Morgan fingerprint density at radius 3 is 2.15 bits per heavy atom. The highest BCUT2D eigenvalue weighted by Crippen LogP contribution is 2.68. The molecule has 0 aromatic rings. The van der Waals surface area contributed by atoms with Gasteiger partial charge in [0.2, 0.25) is 0 Å². The fraction of sp³-hybridized carbons (Fsp3) is 0.969. The molecule has 0 aromatic carbocycles. The summed E-state index contributed by atoms with van der Waals surface area (Å²) < 4.78 is 27.1. The van der Waals surface area contributed by atoms with Crippen LogP contribution in [0, 0.1) is 46.3 Å². The number of aliphatic hydroxyl groups is 1. The molecule has 7 nitrogen and oxygen atoms in total. The van der Waals surface area contributed by atoms with Crippen LogP contribution in [0.25, 0.3) is 0 Å². The van der Waals surface area contributed by atoms with Crippen molar-refractivity contribution < 1.29 is 33.6 Å². The molecule has 0 heterocycles. The molecule has 4 aliphatic rings. The Hall–Kier alpha value is -0.730. The molecular weight excluding hydrogens is 496 g/mol. The Balaban J connectivity index is 1.11. The molecule has 4 aliphatic carbocycles. The van der Waals surface area contributed by atoms with Crippen molar-refractivity contribution in [2.45, 2.75) is 85.0 Å². The van der Waals surface area contributed by atoms with E-state index in [0.717, 1.165) is 23.7 Å². The number of hydrogen-bond donors (Lipinski definition) is 1. The Bertz CT molecular complexity index is 746. The molecule has 0 aliphatic heterocycles. The molecule has 4 fully saturated rings. The fourth-order valence-corrected chi connectivity index (χ4v) is 9.53. The number of fused-ring (bicyclic) bond motifs is 5. The third-order valence-electron chi connectivity index (χ3n) is 11.4. The third-order valence-corrected chi connectivity index (χ3v) is 11.4. The maximum absolute atomic E-state index is 12.3. The first kappa shape index (κ1) is 31.2. The van der Waals surface area contributed by atoms with Crippen molar-refractivity contribution in [1.29, 1.82) is 0 Å². The van der Waals surface area contributed by atoms with Crippen LogP contribution in [-0.4, -0.2) is 77.1 Å². The maximum Gasteiger partial charge on any atom is 0.332 e. The predicted octanol–water partition coefficient (Wildman–Crippen LogP) is 5.27. The van der Waals surface area contributed by atoms with Crippen molar-refractivity contribution in [2.75, 3.05) is 66.1 Å². The highest BCUT2D eigenvalue weighted by Gasteiger charge is 2.60. The smallest absolute Gasteiger partial charge is 0.332 e. The Morgan fingerprint density at radius 2 is 1.44 bits per heavy atom. The zero-order chi connectivity index (χ0) is 27.7. The SMILES string of the molecule is C[C@H](COC(=O)COCCOCCOCCOCCO)[C@H]1CC[C@H]2[C@@H]3CC[C@H]4CCCC[C@]4(C)[C@H]3CC[C@]12C. The maximum atomic E-state index is 12.3. The van der Waals surface area contributed by atoms with E-state index in [0.29, 0.717) is 75.5 Å². The molecule has 39 heavy (non-hydrogen) atoms. The molecule has 0 aromatic heterocycles. The van der Waals surface area contributed by atoms with Gasteiger partial charge in [-0.1, -0.05) is 33.6 Å². The van der Waals surface area contributed by atoms with Crippen LogP contribution >= 0.6 is 0 Å². The van der Waals surface area contributed by atoms with Crippen LogP contribution in [0.4, 0.5) is 0 Å². The molecule has 226 valence electrons. The van der Waals surface area contributed by atoms with Crippen LogP contribution < -0.4 is 0 Å². The monoisotopic (exact) mass is 552 g/mol. The second-order valence-electron chi connectivity index (χ2n) is 13.4. The summed E-state index contributed by atoms with van der Waals surface area (Å²) in [6.07, 6.45) is 14.2. The van der Waals surface area contributed by atoms with Gasteiger partial charge in [0.05, 0.1) is 59.5 Å². The van der Waals surface area contributed by atoms with Crippen LogP contribution in [0.1, 0.15) is 85.0 Å². The minimum atomic E-state index is -0.278. The molecule has 0 bridgehead atoms. The second kappa shape index (κ2) is 14.9. The standard InChI is InChI=1S/C32H56O7/c1-24(22-39-30(34)23-38-21-20-37-19-18-36-17-16-35-15-14-33)27-9-10-28-26-8-7-25-6-4-5-12-31(25,2)29(26)11-13-32(27,28)3/h24-29,33H,4-23H2,1-3H3/t24-,25-,26+,27-,28+,29+,31+,32-/m1/s1. The van der Waals surface area contributed by atoms with E-state index in [1.54, 1.807) is 0 Å². The van der Waals surface area contributed by atoms with Gasteiger partial charge in [0.1, 0.15) is 6.61 Å². The number of ether oxygens (including phenoxy) is 5. The number of carbonyl (C=O) groups is 1. The summed E-state index contributed by atoms with van der Waals surface area (Å²) in [5, 5.41) is 8.63. The van der Waals surface area contributed by atoms with Crippen molar-refractivity contribution in [3.05, 3.63) is 0 Å². The van der Waals surface area contributed by atoms with E-state index in [1.807, 2.05) is 0 Å². The molecule has 0 radical (unpaired) electrons. The average Bonchev–Trinajstić information content (AvgIpc) is 3.29. The van der Waals surface area contributed by atoms with Gasteiger partial charge in [0, 0.05) is 0 Å². The van der Waals surface area contributed by atoms with Crippen molar-refractivity contribution in [3.63, 3.8) is 0 Å². The van der Waals surface area contributed by atoms with E-state index in [1.165, 1.54) is 64.2 Å².